The van der Waals surface area contributed by atoms with Gasteiger partial charge in [0.15, 0.2) is 34.9 Å². The molecule has 11 aromatic rings. The van der Waals surface area contributed by atoms with Crippen LogP contribution < -0.4 is 0 Å². The highest BCUT2D eigenvalue weighted by Gasteiger charge is 2.18. The van der Waals surface area contributed by atoms with Gasteiger partial charge in [0.05, 0.1) is 0 Å². The Bertz CT molecular complexity index is 3520. The summed E-state index contributed by atoms with van der Waals surface area (Å²) < 4.78 is 0. The van der Waals surface area contributed by atoms with Gasteiger partial charge in [0, 0.05) is 50.3 Å². The van der Waals surface area contributed by atoms with Crippen LogP contribution in [0.25, 0.3) is 113 Å². The van der Waals surface area contributed by atoms with Crippen molar-refractivity contribution in [2.45, 2.75) is 13.8 Å². The summed E-state index contributed by atoms with van der Waals surface area (Å²) in [4.78, 5) is 35.2. The normalized spacial score (nSPS) is 11.1. The van der Waals surface area contributed by atoms with Crippen molar-refractivity contribution in [1.29, 1.82) is 0 Å². The summed E-state index contributed by atoms with van der Waals surface area (Å²) in [5, 5.41) is 0. The van der Waals surface area contributed by atoms with Gasteiger partial charge < -0.3 is 0 Å². The maximum Gasteiger partial charge on any atom is 0.164 e. The summed E-state index contributed by atoms with van der Waals surface area (Å²) in [5.74, 6) is 3.66. The Kier molecular flexibility index (Phi) is 11.3. The molecule has 0 spiro atoms. The molecule has 11 rings (SSSR count). The lowest BCUT2D eigenvalue weighted by Gasteiger charge is -2.16. The Morgan fingerprint density at radius 1 is 0.206 bits per heavy atom. The van der Waals surface area contributed by atoms with Gasteiger partial charge in [-0.2, -0.15) is 0 Å². The average molecular weight is 874 g/mol. The summed E-state index contributed by atoms with van der Waals surface area (Å²) in [6.45, 7) is 4.11. The van der Waals surface area contributed by atoms with Crippen molar-refractivity contribution < 1.29 is 0 Å². The molecule has 0 saturated heterocycles. The first-order valence-electron chi connectivity index (χ1n) is 22.6. The molecular formula is C61H43N7. The second-order valence-electron chi connectivity index (χ2n) is 16.7. The molecular weight excluding hydrogens is 831 g/mol. The highest BCUT2D eigenvalue weighted by atomic mass is 15.0. The number of benzene rings is 8. The van der Waals surface area contributed by atoms with E-state index in [1.807, 2.05) is 104 Å². The third-order valence-corrected chi connectivity index (χ3v) is 12.0. The van der Waals surface area contributed by atoms with Gasteiger partial charge >= 0.3 is 0 Å². The van der Waals surface area contributed by atoms with E-state index in [4.69, 9.17) is 34.9 Å². The number of aryl methyl sites for hydroxylation is 2. The molecule has 0 fully saturated rings. The van der Waals surface area contributed by atoms with Crippen molar-refractivity contribution in [3.05, 3.63) is 236 Å². The SMILES string of the molecule is Cc1ccc(-c2cc(-c3cccc(-c4nc(-c5ccccc5)nc(-c5cccc(-c6ccccc6)c5)n4)c3)ccc2-c2cccc(-c3nc(-c4ccccc4)nc(-c4ccccc4)n3)c2)c(C)n1. The summed E-state index contributed by atoms with van der Waals surface area (Å²) in [6, 6.07) is 76.8. The molecule has 0 N–H and O–H groups in total. The predicted octanol–water partition coefficient (Wildman–Crippen LogP) is 14.7. The second-order valence-corrected chi connectivity index (χ2v) is 16.7. The summed E-state index contributed by atoms with van der Waals surface area (Å²) in [5.41, 5.74) is 15.9. The van der Waals surface area contributed by atoms with Crippen LogP contribution in [0.3, 0.4) is 0 Å². The van der Waals surface area contributed by atoms with Gasteiger partial charge in [0.1, 0.15) is 0 Å². The molecule has 0 atom stereocenters. The zero-order chi connectivity index (χ0) is 45.8. The first-order chi connectivity index (χ1) is 33.5. The first-order valence-corrected chi connectivity index (χ1v) is 22.6. The summed E-state index contributed by atoms with van der Waals surface area (Å²) in [7, 11) is 0. The van der Waals surface area contributed by atoms with Crippen LogP contribution in [-0.4, -0.2) is 34.9 Å². The van der Waals surface area contributed by atoms with Crippen molar-refractivity contribution in [2.24, 2.45) is 0 Å². The fourth-order valence-electron chi connectivity index (χ4n) is 8.59. The van der Waals surface area contributed by atoms with Gasteiger partial charge in [-0.3, -0.25) is 4.98 Å². The van der Waals surface area contributed by atoms with Gasteiger partial charge in [-0.15, -0.1) is 0 Å². The minimum absolute atomic E-state index is 0.595. The molecule has 0 saturated carbocycles. The fraction of sp³-hybridized carbons (Fsp3) is 0.0328. The van der Waals surface area contributed by atoms with Crippen LogP contribution >= 0.6 is 0 Å². The molecule has 8 aromatic carbocycles. The third kappa shape index (κ3) is 8.72. The zero-order valence-corrected chi connectivity index (χ0v) is 37.5. The van der Waals surface area contributed by atoms with Crippen LogP contribution in [0.4, 0.5) is 0 Å². The van der Waals surface area contributed by atoms with E-state index in [0.29, 0.717) is 34.9 Å². The van der Waals surface area contributed by atoms with Gasteiger partial charge in [0.2, 0.25) is 0 Å². The van der Waals surface area contributed by atoms with E-state index in [2.05, 4.69) is 134 Å². The minimum Gasteiger partial charge on any atom is -0.258 e. The van der Waals surface area contributed by atoms with Crippen molar-refractivity contribution in [3.63, 3.8) is 0 Å². The largest absolute Gasteiger partial charge is 0.258 e. The summed E-state index contributed by atoms with van der Waals surface area (Å²) in [6.07, 6.45) is 0. The van der Waals surface area contributed by atoms with Crippen molar-refractivity contribution in [3.8, 4) is 113 Å². The van der Waals surface area contributed by atoms with E-state index in [9.17, 15) is 0 Å². The maximum atomic E-state index is 5.14. The number of nitrogens with zero attached hydrogens (tertiary/aromatic N) is 7. The average Bonchev–Trinajstić information content (AvgIpc) is 3.41. The molecule has 0 radical (unpaired) electrons. The molecule has 3 heterocycles. The molecule has 3 aromatic heterocycles. The number of aromatic nitrogens is 7. The van der Waals surface area contributed by atoms with Crippen LogP contribution in [0.1, 0.15) is 11.4 Å². The molecule has 68 heavy (non-hydrogen) atoms. The van der Waals surface area contributed by atoms with Crippen LogP contribution in [0.15, 0.2) is 224 Å². The lowest BCUT2D eigenvalue weighted by atomic mass is 9.89. The Labute approximate surface area is 395 Å². The molecule has 7 nitrogen and oxygen atoms in total. The van der Waals surface area contributed by atoms with Crippen molar-refractivity contribution in [1.82, 2.24) is 34.9 Å². The molecule has 0 aliphatic rings. The van der Waals surface area contributed by atoms with Gasteiger partial charge in [-0.25, -0.2) is 29.9 Å². The predicted molar refractivity (Wildman–Crippen MR) is 275 cm³/mol. The Morgan fingerprint density at radius 3 is 0.971 bits per heavy atom. The van der Waals surface area contributed by atoms with E-state index >= 15 is 0 Å². The summed E-state index contributed by atoms with van der Waals surface area (Å²) >= 11 is 0. The molecule has 322 valence electrons. The molecule has 0 amide bonds. The highest BCUT2D eigenvalue weighted by molar-refractivity contribution is 5.89. The second kappa shape index (κ2) is 18.4. The Balaban J connectivity index is 1.01. The van der Waals surface area contributed by atoms with E-state index in [-0.39, 0.29) is 0 Å². The number of pyridine rings is 1. The first kappa shape index (κ1) is 41.6. The van der Waals surface area contributed by atoms with Crippen LogP contribution in [0, 0.1) is 13.8 Å². The third-order valence-electron chi connectivity index (χ3n) is 12.0. The van der Waals surface area contributed by atoms with Crippen LogP contribution in [0.5, 0.6) is 0 Å². The Hall–Kier alpha value is -9.07. The molecule has 7 heteroatoms. The smallest absolute Gasteiger partial charge is 0.164 e. The zero-order valence-electron chi connectivity index (χ0n) is 37.5. The minimum atomic E-state index is 0.595. The number of hydrogen-bond donors (Lipinski definition) is 0. The standard InChI is InChI=1S/C61H43N7/c1-40-32-34-53(41(2)62-40)55-39-48(33-35-54(55)49-28-17-31-52(38-49)61-64-56(43-20-9-4-10-21-43)63-57(65-61)44-22-11-5-12-23-44)47-27-16-30-51(37-47)60-67-58(45-24-13-6-14-25-45)66-59(68-60)50-29-15-26-46(36-50)42-18-7-3-8-19-42/h3-39H,1-2H3. The fourth-order valence-corrected chi connectivity index (χ4v) is 8.59. The molecule has 0 aliphatic heterocycles. The molecule has 0 bridgehead atoms. The lowest BCUT2D eigenvalue weighted by molar-refractivity contribution is 1.07. The number of rotatable bonds is 10. The van der Waals surface area contributed by atoms with Gasteiger partial charge in [0.25, 0.3) is 0 Å². The van der Waals surface area contributed by atoms with Crippen LogP contribution in [0.2, 0.25) is 0 Å². The van der Waals surface area contributed by atoms with Gasteiger partial charge in [-0.1, -0.05) is 194 Å². The Morgan fingerprint density at radius 2 is 0.529 bits per heavy atom. The maximum absolute atomic E-state index is 5.14. The quantitative estimate of drug-likeness (QED) is 0.135. The number of hydrogen-bond acceptors (Lipinski definition) is 7. The van der Waals surface area contributed by atoms with Gasteiger partial charge in [-0.05, 0) is 83.1 Å². The van der Waals surface area contributed by atoms with E-state index in [0.717, 1.165) is 89.3 Å². The van der Waals surface area contributed by atoms with Crippen molar-refractivity contribution >= 4 is 0 Å². The highest BCUT2D eigenvalue weighted by Crippen LogP contribution is 2.39. The van der Waals surface area contributed by atoms with Crippen LogP contribution in [-0.2, 0) is 0 Å². The van der Waals surface area contributed by atoms with Crippen molar-refractivity contribution in [2.75, 3.05) is 0 Å². The topological polar surface area (TPSA) is 90.2 Å². The molecule has 0 unspecified atom stereocenters. The lowest BCUT2D eigenvalue weighted by Crippen LogP contribution is -2.00. The van der Waals surface area contributed by atoms with E-state index < -0.39 is 0 Å². The van der Waals surface area contributed by atoms with E-state index in [1.54, 1.807) is 0 Å². The molecule has 0 aliphatic carbocycles. The monoisotopic (exact) mass is 873 g/mol. The van der Waals surface area contributed by atoms with E-state index in [1.165, 1.54) is 0 Å².